The summed E-state index contributed by atoms with van der Waals surface area (Å²) in [5, 5.41) is 3.44. The van der Waals surface area contributed by atoms with Crippen LogP contribution < -0.4 is 5.32 Å². The molecule has 0 bridgehead atoms. The van der Waals surface area contributed by atoms with Gasteiger partial charge in [0.15, 0.2) is 0 Å². The Labute approximate surface area is 85.8 Å². The van der Waals surface area contributed by atoms with Crippen molar-refractivity contribution in [3.8, 4) is 0 Å². The fourth-order valence-corrected chi connectivity index (χ4v) is 2.48. The molecule has 2 atom stereocenters. The van der Waals surface area contributed by atoms with Crippen molar-refractivity contribution in [1.82, 2.24) is 10.2 Å². The summed E-state index contributed by atoms with van der Waals surface area (Å²) in [6.45, 7) is 5.24. The first-order chi connectivity index (χ1) is 6.79. The van der Waals surface area contributed by atoms with Gasteiger partial charge in [0.25, 0.3) is 0 Å². The summed E-state index contributed by atoms with van der Waals surface area (Å²) in [4.78, 5) is 13.7. The van der Waals surface area contributed by atoms with Crippen LogP contribution in [0, 0.1) is 5.92 Å². The van der Waals surface area contributed by atoms with E-state index in [2.05, 4.69) is 17.1 Å². The largest absolute Gasteiger partial charge is 0.341 e. The van der Waals surface area contributed by atoms with Crippen LogP contribution >= 0.6 is 0 Å². The van der Waals surface area contributed by atoms with Crippen molar-refractivity contribution in [3.63, 3.8) is 0 Å². The normalized spacial score (nSPS) is 32.9. The molecule has 0 saturated carbocycles. The van der Waals surface area contributed by atoms with E-state index < -0.39 is 0 Å². The lowest BCUT2D eigenvalue weighted by atomic mass is 10.1. The molecule has 2 fully saturated rings. The van der Waals surface area contributed by atoms with E-state index in [1.807, 2.05) is 0 Å². The van der Waals surface area contributed by atoms with E-state index in [1.54, 1.807) is 0 Å². The Morgan fingerprint density at radius 3 is 3.00 bits per heavy atom. The summed E-state index contributed by atoms with van der Waals surface area (Å²) in [5.74, 6) is 0.981. The highest BCUT2D eigenvalue weighted by molar-refractivity contribution is 5.78. The summed E-state index contributed by atoms with van der Waals surface area (Å²) in [6, 6.07) is 0.564. The van der Waals surface area contributed by atoms with Crippen molar-refractivity contribution in [2.24, 2.45) is 5.92 Å². The number of carbonyl (C=O) groups is 1. The molecular formula is C11H20N2O. The molecule has 0 aliphatic carbocycles. The minimum absolute atomic E-state index is 0.366. The Bertz CT molecular complexity index is 211. The zero-order valence-electron chi connectivity index (χ0n) is 8.96. The van der Waals surface area contributed by atoms with E-state index in [1.165, 1.54) is 12.8 Å². The molecule has 2 heterocycles. The third kappa shape index (κ3) is 2.08. The fraction of sp³-hybridized carbons (Fsp3) is 0.909. The molecule has 2 saturated heterocycles. The van der Waals surface area contributed by atoms with Crippen molar-refractivity contribution < 1.29 is 4.79 Å². The van der Waals surface area contributed by atoms with Gasteiger partial charge in [0, 0.05) is 25.6 Å². The average Bonchev–Trinajstić information content (AvgIpc) is 2.78. The van der Waals surface area contributed by atoms with Crippen molar-refractivity contribution >= 4 is 5.91 Å². The van der Waals surface area contributed by atoms with Crippen molar-refractivity contribution in [2.45, 2.75) is 38.6 Å². The van der Waals surface area contributed by atoms with E-state index >= 15 is 0 Å². The molecule has 1 N–H and O–H groups in total. The molecular weight excluding hydrogens is 176 g/mol. The Morgan fingerprint density at radius 1 is 1.57 bits per heavy atom. The zero-order valence-corrected chi connectivity index (χ0v) is 8.96. The minimum atomic E-state index is 0.366. The van der Waals surface area contributed by atoms with Gasteiger partial charge in [-0.1, -0.05) is 13.3 Å². The van der Waals surface area contributed by atoms with Gasteiger partial charge in [-0.05, 0) is 25.3 Å². The van der Waals surface area contributed by atoms with Gasteiger partial charge in [0.05, 0.1) is 0 Å². The predicted octanol–water partition coefficient (Wildman–Crippen LogP) is 0.997. The molecule has 0 radical (unpaired) electrons. The highest BCUT2D eigenvalue weighted by atomic mass is 16.2. The van der Waals surface area contributed by atoms with Gasteiger partial charge in [-0.2, -0.15) is 0 Å². The monoisotopic (exact) mass is 196 g/mol. The van der Waals surface area contributed by atoms with Gasteiger partial charge in [-0.15, -0.1) is 0 Å². The van der Waals surface area contributed by atoms with E-state index in [0.29, 0.717) is 17.9 Å². The first kappa shape index (κ1) is 9.97. The molecule has 2 aliphatic rings. The van der Waals surface area contributed by atoms with Crippen LogP contribution in [0.3, 0.4) is 0 Å². The number of nitrogens with zero attached hydrogens (tertiary/aromatic N) is 1. The van der Waals surface area contributed by atoms with Crippen LogP contribution in [0.1, 0.15) is 32.6 Å². The third-order valence-corrected chi connectivity index (χ3v) is 3.48. The highest BCUT2D eigenvalue weighted by Gasteiger charge is 2.30. The van der Waals surface area contributed by atoms with Crippen molar-refractivity contribution in [2.75, 3.05) is 19.6 Å². The third-order valence-electron chi connectivity index (χ3n) is 3.48. The number of likely N-dealkylation sites (tertiary alicyclic amines) is 1. The predicted molar refractivity (Wildman–Crippen MR) is 56.0 cm³/mol. The molecule has 0 aromatic carbocycles. The number of rotatable bonds is 3. The number of nitrogens with one attached hydrogen (secondary N) is 1. The summed E-state index contributed by atoms with van der Waals surface area (Å²) in [5.41, 5.74) is 0. The smallest absolute Gasteiger partial charge is 0.222 e. The lowest BCUT2D eigenvalue weighted by molar-refractivity contribution is -0.128. The van der Waals surface area contributed by atoms with E-state index in [-0.39, 0.29) is 0 Å². The van der Waals surface area contributed by atoms with E-state index in [4.69, 9.17) is 0 Å². The molecule has 1 amide bonds. The Hall–Kier alpha value is -0.570. The first-order valence-electron chi connectivity index (χ1n) is 5.80. The number of hydrogen-bond donors (Lipinski definition) is 1. The van der Waals surface area contributed by atoms with Crippen LogP contribution in [0.2, 0.25) is 0 Å². The average molecular weight is 196 g/mol. The highest BCUT2D eigenvalue weighted by Crippen LogP contribution is 2.21. The first-order valence-corrected chi connectivity index (χ1v) is 5.80. The molecule has 0 aromatic rings. The second-order valence-corrected chi connectivity index (χ2v) is 4.57. The van der Waals surface area contributed by atoms with Crippen molar-refractivity contribution in [3.05, 3.63) is 0 Å². The van der Waals surface area contributed by atoms with Crippen LogP contribution in [-0.4, -0.2) is 36.5 Å². The van der Waals surface area contributed by atoms with Gasteiger partial charge in [0.2, 0.25) is 5.91 Å². The van der Waals surface area contributed by atoms with Gasteiger partial charge in [0.1, 0.15) is 0 Å². The summed E-state index contributed by atoms with van der Waals surface area (Å²) < 4.78 is 0. The second kappa shape index (κ2) is 4.30. The maximum Gasteiger partial charge on any atom is 0.222 e. The number of carbonyl (C=O) groups excluding carboxylic acids is 1. The number of amides is 1. The molecule has 3 heteroatoms. The standard InChI is InChI=1S/C11H20N2O/c1-2-9-6-11(14)13(7-9)8-10-4-3-5-12-10/h9-10,12H,2-8H2,1H3/t9?,10-/m0/s1. The fourth-order valence-electron chi connectivity index (χ4n) is 2.48. The van der Waals surface area contributed by atoms with Gasteiger partial charge in [-0.25, -0.2) is 0 Å². The lowest BCUT2D eigenvalue weighted by Gasteiger charge is -2.20. The minimum Gasteiger partial charge on any atom is -0.341 e. The maximum atomic E-state index is 11.6. The molecule has 0 aromatic heterocycles. The zero-order chi connectivity index (χ0) is 9.97. The molecule has 2 rings (SSSR count). The lowest BCUT2D eigenvalue weighted by Crippen LogP contribution is -2.38. The molecule has 1 unspecified atom stereocenters. The van der Waals surface area contributed by atoms with Crippen LogP contribution in [-0.2, 0) is 4.79 Å². The summed E-state index contributed by atoms with van der Waals surface area (Å²) >= 11 is 0. The summed E-state index contributed by atoms with van der Waals surface area (Å²) in [7, 11) is 0. The Morgan fingerprint density at radius 2 is 2.43 bits per heavy atom. The van der Waals surface area contributed by atoms with Crippen LogP contribution in [0.4, 0.5) is 0 Å². The van der Waals surface area contributed by atoms with Crippen LogP contribution in [0.15, 0.2) is 0 Å². The molecule has 80 valence electrons. The quantitative estimate of drug-likeness (QED) is 0.730. The molecule has 3 nitrogen and oxygen atoms in total. The maximum absolute atomic E-state index is 11.6. The van der Waals surface area contributed by atoms with Crippen molar-refractivity contribution in [1.29, 1.82) is 0 Å². The topological polar surface area (TPSA) is 32.3 Å². The van der Waals surface area contributed by atoms with E-state index in [9.17, 15) is 4.79 Å². The van der Waals surface area contributed by atoms with Crippen LogP contribution in [0.5, 0.6) is 0 Å². The molecule has 14 heavy (non-hydrogen) atoms. The van der Waals surface area contributed by atoms with Crippen LogP contribution in [0.25, 0.3) is 0 Å². The number of hydrogen-bond acceptors (Lipinski definition) is 2. The Kier molecular flexibility index (Phi) is 3.06. The SMILES string of the molecule is CCC1CC(=O)N(C[C@@H]2CCCN2)C1. The van der Waals surface area contributed by atoms with Gasteiger partial charge < -0.3 is 10.2 Å². The Balaban J connectivity index is 1.82. The van der Waals surface area contributed by atoms with E-state index in [0.717, 1.165) is 32.5 Å². The molecule has 0 spiro atoms. The summed E-state index contributed by atoms with van der Waals surface area (Å²) in [6.07, 6.45) is 4.42. The van der Waals surface area contributed by atoms with Gasteiger partial charge in [-0.3, -0.25) is 4.79 Å². The second-order valence-electron chi connectivity index (χ2n) is 4.57. The van der Waals surface area contributed by atoms with Gasteiger partial charge >= 0.3 is 0 Å². The molecule has 2 aliphatic heterocycles.